The Hall–Kier alpha value is -1.13. The fourth-order valence-corrected chi connectivity index (χ4v) is 3.12. The van der Waals surface area contributed by atoms with Crippen molar-refractivity contribution >= 4 is 32.7 Å². The lowest BCUT2D eigenvalue weighted by atomic mass is 10.2. The van der Waals surface area contributed by atoms with Crippen molar-refractivity contribution in [2.75, 3.05) is 31.5 Å². The first-order valence-electron chi connectivity index (χ1n) is 6.84. The van der Waals surface area contributed by atoms with Gasteiger partial charge in [0.15, 0.2) is 0 Å². The van der Waals surface area contributed by atoms with E-state index in [-0.39, 0.29) is 0 Å². The van der Waals surface area contributed by atoms with Crippen LogP contribution in [0.3, 0.4) is 0 Å². The largest absolute Gasteiger partial charge is 0.369 e. The Bertz CT molecular complexity index is 564. The molecule has 1 aromatic carbocycles. The summed E-state index contributed by atoms with van der Waals surface area (Å²) < 4.78 is 1.10. The predicted molar refractivity (Wildman–Crippen MR) is 83.6 cm³/mol. The van der Waals surface area contributed by atoms with Gasteiger partial charge < -0.3 is 10.2 Å². The highest BCUT2D eigenvalue weighted by Gasteiger charge is 2.10. The molecule has 4 heteroatoms. The van der Waals surface area contributed by atoms with Gasteiger partial charge >= 0.3 is 0 Å². The van der Waals surface area contributed by atoms with Gasteiger partial charge in [-0.2, -0.15) is 0 Å². The van der Waals surface area contributed by atoms with Crippen LogP contribution in [0.15, 0.2) is 34.8 Å². The minimum Gasteiger partial charge on any atom is -0.369 e. The minimum atomic E-state index is 0.949. The van der Waals surface area contributed by atoms with Crippen molar-refractivity contribution in [3.63, 3.8) is 0 Å². The average Bonchev–Trinajstić information content (AvgIpc) is 2.92. The van der Waals surface area contributed by atoms with E-state index < -0.39 is 0 Å². The zero-order chi connectivity index (χ0) is 13.1. The minimum absolute atomic E-state index is 0.949. The number of nitrogens with one attached hydrogen (secondary N) is 1. The second kappa shape index (κ2) is 5.88. The summed E-state index contributed by atoms with van der Waals surface area (Å²) in [6.07, 6.45) is 2.69. The van der Waals surface area contributed by atoms with Crippen molar-refractivity contribution in [2.45, 2.75) is 12.8 Å². The summed E-state index contributed by atoms with van der Waals surface area (Å²) in [7, 11) is 0. The normalized spacial score (nSPS) is 16.1. The Morgan fingerprint density at radius 2 is 2.00 bits per heavy atom. The van der Waals surface area contributed by atoms with Gasteiger partial charge in [0.05, 0.1) is 5.52 Å². The number of aromatic nitrogens is 1. The summed E-state index contributed by atoms with van der Waals surface area (Å²) in [4.78, 5) is 7.14. The zero-order valence-corrected chi connectivity index (χ0v) is 12.5. The molecule has 0 bridgehead atoms. The number of anilines is 1. The van der Waals surface area contributed by atoms with Crippen LogP contribution in [0.5, 0.6) is 0 Å². The number of pyridine rings is 1. The Kier molecular flexibility index (Phi) is 3.99. The molecule has 1 saturated heterocycles. The first kappa shape index (κ1) is 12.9. The van der Waals surface area contributed by atoms with Crippen molar-refractivity contribution < 1.29 is 0 Å². The van der Waals surface area contributed by atoms with Crippen molar-refractivity contribution in [1.29, 1.82) is 0 Å². The van der Waals surface area contributed by atoms with Crippen LogP contribution in [-0.4, -0.2) is 36.1 Å². The zero-order valence-electron chi connectivity index (χ0n) is 10.9. The molecule has 0 amide bonds. The van der Waals surface area contributed by atoms with E-state index in [9.17, 15) is 0 Å². The molecule has 3 rings (SSSR count). The molecule has 1 N–H and O–H groups in total. The van der Waals surface area contributed by atoms with Gasteiger partial charge in [0.25, 0.3) is 0 Å². The number of rotatable bonds is 4. The summed E-state index contributed by atoms with van der Waals surface area (Å²) in [6, 6.07) is 10.3. The van der Waals surface area contributed by atoms with Gasteiger partial charge in [-0.05, 0) is 54.0 Å². The fraction of sp³-hybridized carbons (Fsp3) is 0.400. The highest BCUT2D eigenvalue weighted by Crippen LogP contribution is 2.25. The maximum Gasteiger partial charge on any atom is 0.127 e. The van der Waals surface area contributed by atoms with Gasteiger partial charge in [-0.25, -0.2) is 4.98 Å². The summed E-state index contributed by atoms with van der Waals surface area (Å²) in [6.45, 7) is 4.55. The Morgan fingerprint density at radius 3 is 2.84 bits per heavy atom. The standard InChI is InChI=1S/C15H18BrN3/c16-13-11-15(17-7-10-19-8-3-4-9-19)18-14-6-2-1-5-12(13)14/h1-2,5-6,11H,3-4,7-10H2,(H,17,18). The van der Waals surface area contributed by atoms with Crippen LogP contribution in [0.1, 0.15) is 12.8 Å². The number of halogens is 1. The highest BCUT2D eigenvalue weighted by molar-refractivity contribution is 9.10. The fourth-order valence-electron chi connectivity index (χ4n) is 2.57. The van der Waals surface area contributed by atoms with E-state index in [1.54, 1.807) is 0 Å². The van der Waals surface area contributed by atoms with Crippen LogP contribution < -0.4 is 5.32 Å². The molecule has 3 nitrogen and oxygen atoms in total. The lowest BCUT2D eigenvalue weighted by Crippen LogP contribution is -2.26. The molecule has 19 heavy (non-hydrogen) atoms. The molecule has 0 saturated carbocycles. The molecular formula is C15H18BrN3. The molecule has 1 aromatic heterocycles. The SMILES string of the molecule is Brc1cc(NCCN2CCCC2)nc2ccccc12. The topological polar surface area (TPSA) is 28.2 Å². The van der Waals surface area contributed by atoms with E-state index in [1.807, 2.05) is 18.2 Å². The number of likely N-dealkylation sites (tertiary alicyclic amines) is 1. The third-order valence-corrected chi connectivity index (χ3v) is 4.25. The van der Waals surface area contributed by atoms with Crippen LogP contribution >= 0.6 is 15.9 Å². The molecule has 1 fully saturated rings. The van der Waals surface area contributed by atoms with E-state index in [4.69, 9.17) is 0 Å². The molecule has 0 radical (unpaired) electrons. The number of nitrogens with zero attached hydrogens (tertiary/aromatic N) is 2. The molecule has 2 heterocycles. The predicted octanol–water partition coefficient (Wildman–Crippen LogP) is 3.51. The molecule has 100 valence electrons. The molecular weight excluding hydrogens is 302 g/mol. The second-order valence-electron chi connectivity index (χ2n) is 4.98. The lowest BCUT2D eigenvalue weighted by Gasteiger charge is -2.15. The molecule has 2 aromatic rings. The maximum atomic E-state index is 4.64. The summed E-state index contributed by atoms with van der Waals surface area (Å²) in [5, 5.41) is 4.58. The highest BCUT2D eigenvalue weighted by atomic mass is 79.9. The lowest BCUT2D eigenvalue weighted by molar-refractivity contribution is 0.352. The molecule has 1 aliphatic heterocycles. The van der Waals surface area contributed by atoms with Gasteiger partial charge in [-0.3, -0.25) is 0 Å². The van der Waals surface area contributed by atoms with Crippen LogP contribution in [0, 0.1) is 0 Å². The Labute approximate surface area is 122 Å². The summed E-state index contributed by atoms with van der Waals surface area (Å²) in [5.41, 5.74) is 1.03. The number of para-hydroxylation sites is 1. The average molecular weight is 320 g/mol. The molecule has 0 atom stereocenters. The van der Waals surface area contributed by atoms with Crippen molar-refractivity contribution in [1.82, 2.24) is 9.88 Å². The second-order valence-corrected chi connectivity index (χ2v) is 5.84. The molecule has 0 unspecified atom stereocenters. The van der Waals surface area contributed by atoms with Crippen LogP contribution in [-0.2, 0) is 0 Å². The van der Waals surface area contributed by atoms with Crippen molar-refractivity contribution in [2.24, 2.45) is 0 Å². The molecule has 0 spiro atoms. The maximum absolute atomic E-state index is 4.64. The van der Waals surface area contributed by atoms with Crippen molar-refractivity contribution in [3.05, 3.63) is 34.8 Å². The first-order chi connectivity index (χ1) is 9.33. The van der Waals surface area contributed by atoms with E-state index in [0.29, 0.717) is 0 Å². The quantitative estimate of drug-likeness (QED) is 0.934. The van der Waals surface area contributed by atoms with Gasteiger partial charge in [-0.15, -0.1) is 0 Å². The van der Waals surface area contributed by atoms with Gasteiger partial charge in [0.2, 0.25) is 0 Å². The number of benzene rings is 1. The van der Waals surface area contributed by atoms with Crippen LogP contribution in [0.4, 0.5) is 5.82 Å². The van der Waals surface area contributed by atoms with Gasteiger partial charge in [-0.1, -0.05) is 18.2 Å². The number of fused-ring (bicyclic) bond motifs is 1. The Balaban J connectivity index is 1.67. The monoisotopic (exact) mass is 319 g/mol. The molecule has 1 aliphatic rings. The molecule has 0 aliphatic carbocycles. The third kappa shape index (κ3) is 3.07. The number of hydrogen-bond acceptors (Lipinski definition) is 3. The summed E-state index contributed by atoms with van der Waals surface area (Å²) in [5.74, 6) is 0.949. The summed E-state index contributed by atoms with van der Waals surface area (Å²) >= 11 is 3.62. The number of hydrogen-bond donors (Lipinski definition) is 1. The first-order valence-corrected chi connectivity index (χ1v) is 7.64. The van der Waals surface area contributed by atoms with E-state index in [2.05, 4.69) is 43.3 Å². The third-order valence-electron chi connectivity index (χ3n) is 3.60. The van der Waals surface area contributed by atoms with Crippen molar-refractivity contribution in [3.8, 4) is 0 Å². The van der Waals surface area contributed by atoms with E-state index in [0.717, 1.165) is 34.3 Å². The smallest absolute Gasteiger partial charge is 0.127 e. The van der Waals surface area contributed by atoms with Crippen LogP contribution in [0.2, 0.25) is 0 Å². The van der Waals surface area contributed by atoms with E-state index in [1.165, 1.54) is 25.9 Å². The van der Waals surface area contributed by atoms with Gasteiger partial charge in [0, 0.05) is 22.9 Å². The Morgan fingerprint density at radius 1 is 1.21 bits per heavy atom. The van der Waals surface area contributed by atoms with E-state index >= 15 is 0 Å². The van der Waals surface area contributed by atoms with Crippen LogP contribution in [0.25, 0.3) is 10.9 Å². The van der Waals surface area contributed by atoms with Gasteiger partial charge in [0.1, 0.15) is 5.82 Å².